The largest absolute Gasteiger partial charge is 0.507 e. The van der Waals surface area contributed by atoms with Crippen LogP contribution in [0.2, 0.25) is 0 Å². The van der Waals surface area contributed by atoms with Gasteiger partial charge in [-0.3, -0.25) is 0 Å². The molecule has 6 nitrogen and oxygen atoms in total. The number of fused-ring (bicyclic) bond motifs is 3. The van der Waals surface area contributed by atoms with Crippen molar-refractivity contribution >= 4 is 5.71 Å². The first kappa shape index (κ1) is 19.3. The van der Waals surface area contributed by atoms with E-state index < -0.39 is 6.23 Å². The zero-order valence-corrected chi connectivity index (χ0v) is 17.7. The van der Waals surface area contributed by atoms with Crippen LogP contribution >= 0.6 is 0 Å². The minimum absolute atomic E-state index is 0.0270. The smallest absolute Gasteiger partial charge is 0.214 e. The normalized spacial score (nSPS) is 19.2. The van der Waals surface area contributed by atoms with E-state index in [0.717, 1.165) is 39.5 Å². The first-order valence-electron chi connectivity index (χ1n) is 10.2. The molecule has 1 N–H and O–H groups in total. The molecule has 0 radical (unpaired) electrons. The molecule has 2 aliphatic heterocycles. The Morgan fingerprint density at radius 2 is 1.84 bits per heavy atom. The van der Waals surface area contributed by atoms with Gasteiger partial charge in [-0.2, -0.15) is 5.10 Å². The molecule has 0 aliphatic carbocycles. The van der Waals surface area contributed by atoms with E-state index >= 15 is 0 Å². The van der Waals surface area contributed by atoms with Gasteiger partial charge in [0.2, 0.25) is 6.23 Å². The van der Waals surface area contributed by atoms with Crippen LogP contribution in [0.4, 0.5) is 0 Å². The van der Waals surface area contributed by atoms with Gasteiger partial charge >= 0.3 is 0 Å². The van der Waals surface area contributed by atoms with E-state index in [9.17, 15) is 5.11 Å². The molecular formula is C25H24N2O4. The second-order valence-corrected chi connectivity index (χ2v) is 7.79. The summed E-state index contributed by atoms with van der Waals surface area (Å²) in [5, 5.41) is 17.4. The van der Waals surface area contributed by atoms with E-state index in [1.54, 1.807) is 20.3 Å². The highest BCUT2D eigenvalue weighted by atomic mass is 16.5. The van der Waals surface area contributed by atoms with Gasteiger partial charge in [-0.1, -0.05) is 23.8 Å². The monoisotopic (exact) mass is 416 g/mol. The van der Waals surface area contributed by atoms with Crippen LogP contribution in [0.15, 0.2) is 65.8 Å². The number of phenols is 1. The lowest BCUT2D eigenvalue weighted by atomic mass is 9.94. The number of rotatable bonds is 4. The summed E-state index contributed by atoms with van der Waals surface area (Å²) in [6, 6.07) is 19.3. The summed E-state index contributed by atoms with van der Waals surface area (Å²) in [7, 11) is 3.30. The van der Waals surface area contributed by atoms with Crippen LogP contribution in [0.1, 0.15) is 40.9 Å². The van der Waals surface area contributed by atoms with Gasteiger partial charge < -0.3 is 19.3 Å². The third-order valence-corrected chi connectivity index (χ3v) is 5.86. The van der Waals surface area contributed by atoms with Crippen molar-refractivity contribution < 1.29 is 19.3 Å². The third kappa shape index (κ3) is 3.24. The number of nitrogens with zero attached hydrogens (tertiary/aromatic N) is 2. The number of benzene rings is 3. The predicted octanol–water partition coefficient (Wildman–Crippen LogP) is 4.96. The number of aryl methyl sites for hydroxylation is 1. The van der Waals surface area contributed by atoms with Gasteiger partial charge in [0.25, 0.3) is 0 Å². The molecule has 3 aromatic rings. The molecule has 2 aliphatic rings. The van der Waals surface area contributed by atoms with Crippen molar-refractivity contribution in [3.8, 4) is 23.0 Å². The van der Waals surface area contributed by atoms with E-state index in [4.69, 9.17) is 19.3 Å². The second-order valence-electron chi connectivity index (χ2n) is 7.79. The van der Waals surface area contributed by atoms with Crippen LogP contribution in [-0.4, -0.2) is 30.0 Å². The maximum atomic E-state index is 10.5. The van der Waals surface area contributed by atoms with Gasteiger partial charge in [-0.05, 0) is 49.4 Å². The Hall–Kier alpha value is -3.67. The minimum Gasteiger partial charge on any atom is -0.507 e. The number of methoxy groups -OCH3 is 2. The van der Waals surface area contributed by atoms with Crippen LogP contribution in [0.5, 0.6) is 23.0 Å². The predicted molar refractivity (Wildman–Crippen MR) is 118 cm³/mol. The maximum absolute atomic E-state index is 10.5. The molecule has 0 saturated heterocycles. The summed E-state index contributed by atoms with van der Waals surface area (Å²) >= 11 is 0. The number of phenolic OH excluding ortho intramolecular Hbond substituents is 1. The van der Waals surface area contributed by atoms with Crippen LogP contribution in [0.25, 0.3) is 0 Å². The summed E-state index contributed by atoms with van der Waals surface area (Å²) < 4.78 is 17.3. The lowest BCUT2D eigenvalue weighted by molar-refractivity contribution is -0.0209. The van der Waals surface area contributed by atoms with E-state index in [1.165, 1.54) is 0 Å². The SMILES string of the molecule is COc1ccc([C@@H]2Oc3c(OC)cccc3[C@@H]3CC(c4cc(C)ccc4O)=NN32)cc1. The lowest BCUT2D eigenvalue weighted by Crippen LogP contribution is -2.33. The van der Waals surface area contributed by atoms with E-state index in [1.807, 2.05) is 66.5 Å². The molecule has 158 valence electrons. The number of aromatic hydroxyl groups is 1. The molecule has 5 rings (SSSR count). The Labute approximate surface area is 181 Å². The zero-order valence-electron chi connectivity index (χ0n) is 17.7. The Bertz CT molecular complexity index is 1160. The minimum atomic E-state index is -0.427. The van der Waals surface area contributed by atoms with Gasteiger partial charge in [0.15, 0.2) is 11.5 Å². The summed E-state index contributed by atoms with van der Waals surface area (Å²) in [5.41, 5.74) is 4.65. The summed E-state index contributed by atoms with van der Waals surface area (Å²) in [4.78, 5) is 0. The van der Waals surface area contributed by atoms with Gasteiger partial charge in [0, 0.05) is 23.1 Å². The van der Waals surface area contributed by atoms with Crippen molar-refractivity contribution in [3.63, 3.8) is 0 Å². The van der Waals surface area contributed by atoms with Crippen LogP contribution in [-0.2, 0) is 0 Å². The first-order valence-corrected chi connectivity index (χ1v) is 10.2. The highest BCUT2D eigenvalue weighted by molar-refractivity contribution is 6.04. The fourth-order valence-electron chi connectivity index (χ4n) is 4.28. The molecule has 0 saturated carbocycles. The number of ether oxygens (including phenoxy) is 3. The Morgan fingerprint density at radius 1 is 1.03 bits per heavy atom. The third-order valence-electron chi connectivity index (χ3n) is 5.86. The Kier molecular flexibility index (Phi) is 4.70. The zero-order chi connectivity index (χ0) is 21.5. The summed E-state index contributed by atoms with van der Waals surface area (Å²) in [6.07, 6.45) is 0.233. The van der Waals surface area contributed by atoms with Crippen LogP contribution in [0, 0.1) is 6.92 Å². The maximum Gasteiger partial charge on any atom is 0.214 e. The summed E-state index contributed by atoms with van der Waals surface area (Å²) in [6.45, 7) is 2.01. The molecule has 31 heavy (non-hydrogen) atoms. The van der Waals surface area contributed by atoms with Crippen molar-refractivity contribution in [2.75, 3.05) is 14.2 Å². The van der Waals surface area contributed by atoms with Gasteiger partial charge in [-0.15, -0.1) is 0 Å². The number of hydrogen-bond donors (Lipinski definition) is 1. The molecule has 2 atom stereocenters. The fourth-order valence-corrected chi connectivity index (χ4v) is 4.28. The van der Waals surface area contributed by atoms with Gasteiger partial charge in [0.05, 0.1) is 26.0 Å². The first-order chi connectivity index (χ1) is 15.1. The molecule has 0 amide bonds. The van der Waals surface area contributed by atoms with Crippen molar-refractivity contribution in [2.45, 2.75) is 25.6 Å². The number of hydrogen-bond acceptors (Lipinski definition) is 6. The van der Waals surface area contributed by atoms with E-state index in [-0.39, 0.29) is 11.8 Å². The fraction of sp³-hybridized carbons (Fsp3) is 0.240. The molecular weight excluding hydrogens is 392 g/mol. The Balaban J connectivity index is 1.62. The number of para-hydroxylation sites is 1. The van der Waals surface area contributed by atoms with E-state index in [2.05, 4.69) is 0 Å². The molecule has 3 aromatic carbocycles. The Morgan fingerprint density at radius 3 is 2.58 bits per heavy atom. The van der Waals surface area contributed by atoms with Gasteiger partial charge in [0.1, 0.15) is 11.5 Å². The molecule has 6 heteroatoms. The molecule has 0 unspecified atom stereocenters. The van der Waals surface area contributed by atoms with Crippen molar-refractivity contribution in [3.05, 3.63) is 82.9 Å². The van der Waals surface area contributed by atoms with Crippen LogP contribution in [0.3, 0.4) is 0 Å². The van der Waals surface area contributed by atoms with Crippen LogP contribution < -0.4 is 14.2 Å². The molecule has 0 fully saturated rings. The second kappa shape index (κ2) is 7.54. The molecule has 2 heterocycles. The van der Waals surface area contributed by atoms with Gasteiger partial charge in [-0.25, -0.2) is 5.01 Å². The highest BCUT2D eigenvalue weighted by Gasteiger charge is 2.42. The summed E-state index contributed by atoms with van der Waals surface area (Å²) in [5.74, 6) is 2.45. The average Bonchev–Trinajstić information content (AvgIpc) is 3.25. The lowest BCUT2D eigenvalue weighted by Gasteiger charge is -2.38. The van der Waals surface area contributed by atoms with E-state index in [0.29, 0.717) is 12.2 Å². The molecule has 0 bridgehead atoms. The average molecular weight is 416 g/mol. The standard InChI is InChI=1S/C25H24N2O4/c1-15-7-12-22(28)19(13-15)20-14-21-18-5-4-6-23(30-3)24(18)31-25(27(21)26-20)16-8-10-17(29-2)11-9-16/h4-13,21,25,28H,14H2,1-3H3/t21-,25-/m0/s1. The van der Waals surface area contributed by atoms with Crippen molar-refractivity contribution in [1.29, 1.82) is 0 Å². The topological polar surface area (TPSA) is 63.5 Å². The van der Waals surface area contributed by atoms with Crippen molar-refractivity contribution in [2.24, 2.45) is 5.10 Å². The quantitative estimate of drug-likeness (QED) is 0.651. The highest BCUT2D eigenvalue weighted by Crippen LogP contribution is 2.51. The molecule has 0 aromatic heterocycles. The number of hydrazone groups is 1. The molecule has 0 spiro atoms. The van der Waals surface area contributed by atoms with Crippen molar-refractivity contribution in [1.82, 2.24) is 5.01 Å².